The number of ether oxygens (including phenoxy) is 6. The number of aliphatic hydroxyl groups is 1. The maximum absolute atomic E-state index is 14.2. The van der Waals surface area contributed by atoms with Crippen molar-refractivity contribution in [2.24, 2.45) is 0 Å². The zero-order valence-corrected chi connectivity index (χ0v) is 22.7. The van der Waals surface area contributed by atoms with E-state index < -0.39 is 17.6 Å². The Morgan fingerprint density at radius 1 is 1.03 bits per heavy atom. The summed E-state index contributed by atoms with van der Waals surface area (Å²) < 4.78 is 59.5. The van der Waals surface area contributed by atoms with Gasteiger partial charge in [0, 0.05) is 43.0 Å². The quantitative estimate of drug-likeness (QED) is 0.172. The summed E-state index contributed by atoms with van der Waals surface area (Å²) >= 11 is 0. The standard InChI is InChI=1S/C22H24F2N2O5.C5H12O3/c1-28-5-6-30-7-8-31-14-16-13-26(12-15-3-4-17(23)9-19(15)24)21-11-25-20(10-18(16)21)22(27)29-2;1-5(7-2)8-4-3-6/h3-4,9-11,13H,5-8,12,14H2,1-2H3;5-6H,3-4H2,1-2H3. The lowest BCUT2D eigenvalue weighted by atomic mass is 10.2. The molecule has 39 heavy (non-hydrogen) atoms. The molecule has 3 rings (SSSR count). The van der Waals surface area contributed by atoms with Gasteiger partial charge < -0.3 is 38.1 Å². The zero-order chi connectivity index (χ0) is 28.6. The van der Waals surface area contributed by atoms with E-state index in [4.69, 9.17) is 33.5 Å². The van der Waals surface area contributed by atoms with E-state index in [2.05, 4.69) is 4.98 Å². The second-order valence-electron chi connectivity index (χ2n) is 8.15. The van der Waals surface area contributed by atoms with Crippen molar-refractivity contribution < 1.29 is 47.1 Å². The lowest BCUT2D eigenvalue weighted by molar-refractivity contribution is -0.117. The van der Waals surface area contributed by atoms with Crippen molar-refractivity contribution in [2.75, 3.05) is 61.0 Å². The fourth-order valence-electron chi connectivity index (χ4n) is 3.39. The Labute approximate surface area is 226 Å². The van der Waals surface area contributed by atoms with Gasteiger partial charge in [-0.2, -0.15) is 0 Å². The molecule has 1 N–H and O–H groups in total. The van der Waals surface area contributed by atoms with Crippen molar-refractivity contribution in [3.8, 4) is 0 Å². The van der Waals surface area contributed by atoms with Crippen LogP contribution in [0.15, 0.2) is 36.7 Å². The molecule has 10 nitrogen and oxygen atoms in total. The van der Waals surface area contributed by atoms with Gasteiger partial charge in [0.05, 0.1) is 71.6 Å². The molecule has 0 spiro atoms. The van der Waals surface area contributed by atoms with Gasteiger partial charge in [-0.3, -0.25) is 0 Å². The van der Waals surface area contributed by atoms with Crippen LogP contribution in [0.25, 0.3) is 10.9 Å². The monoisotopic (exact) mass is 554 g/mol. The van der Waals surface area contributed by atoms with Crippen LogP contribution in [-0.4, -0.2) is 87.9 Å². The fourth-order valence-corrected chi connectivity index (χ4v) is 3.39. The first kappa shape index (κ1) is 32.2. The number of benzene rings is 1. The first-order valence-corrected chi connectivity index (χ1v) is 12.2. The molecule has 2 aromatic heterocycles. The molecule has 0 fully saturated rings. The summed E-state index contributed by atoms with van der Waals surface area (Å²) in [5, 5.41) is 8.96. The van der Waals surface area contributed by atoms with Crippen LogP contribution in [0.1, 0.15) is 28.5 Å². The Morgan fingerprint density at radius 3 is 2.44 bits per heavy atom. The van der Waals surface area contributed by atoms with Crippen molar-refractivity contribution in [1.82, 2.24) is 9.55 Å². The first-order chi connectivity index (χ1) is 18.8. The molecule has 3 aromatic rings. The van der Waals surface area contributed by atoms with E-state index in [-0.39, 0.29) is 31.7 Å². The second kappa shape index (κ2) is 17.6. The van der Waals surface area contributed by atoms with Crippen molar-refractivity contribution in [1.29, 1.82) is 0 Å². The molecule has 0 aliphatic rings. The van der Waals surface area contributed by atoms with Crippen LogP contribution >= 0.6 is 0 Å². The number of aliphatic hydroxyl groups excluding tert-OH is 1. The van der Waals surface area contributed by atoms with Crippen molar-refractivity contribution in [2.45, 2.75) is 26.4 Å². The number of fused-ring (bicyclic) bond motifs is 1. The molecule has 0 radical (unpaired) electrons. The minimum atomic E-state index is -0.634. The van der Waals surface area contributed by atoms with Gasteiger partial charge >= 0.3 is 5.97 Å². The molecule has 0 amide bonds. The highest BCUT2D eigenvalue weighted by atomic mass is 19.1. The van der Waals surface area contributed by atoms with Crippen LogP contribution in [0.5, 0.6) is 0 Å². The summed E-state index contributed by atoms with van der Waals surface area (Å²) in [5.41, 5.74) is 1.97. The number of hydrogen-bond acceptors (Lipinski definition) is 9. The Kier molecular flexibility index (Phi) is 14.5. The Balaban J connectivity index is 0.000000580. The van der Waals surface area contributed by atoms with Crippen LogP contribution < -0.4 is 0 Å². The Hall–Kier alpha value is -3.00. The lowest BCUT2D eigenvalue weighted by Gasteiger charge is -2.08. The van der Waals surface area contributed by atoms with E-state index >= 15 is 0 Å². The molecule has 216 valence electrons. The predicted molar refractivity (Wildman–Crippen MR) is 138 cm³/mol. The molecule has 2 heterocycles. The Morgan fingerprint density at radius 2 is 1.77 bits per heavy atom. The number of nitrogens with zero attached hydrogens (tertiary/aromatic N) is 2. The van der Waals surface area contributed by atoms with Gasteiger partial charge in [0.15, 0.2) is 6.29 Å². The smallest absolute Gasteiger partial charge is 0.356 e. The van der Waals surface area contributed by atoms with Gasteiger partial charge in [0.25, 0.3) is 0 Å². The number of hydrogen-bond donors (Lipinski definition) is 1. The number of pyridine rings is 1. The molecular formula is C27H36F2N2O8. The highest BCUT2D eigenvalue weighted by Crippen LogP contribution is 2.24. The van der Waals surface area contributed by atoms with Crippen molar-refractivity contribution in [3.05, 3.63) is 65.1 Å². The highest BCUT2D eigenvalue weighted by molar-refractivity contribution is 5.93. The number of rotatable bonds is 15. The maximum atomic E-state index is 14.2. The summed E-state index contributed by atoms with van der Waals surface area (Å²) in [6, 6.07) is 5.08. The molecule has 1 unspecified atom stereocenters. The minimum Gasteiger partial charge on any atom is -0.464 e. The van der Waals surface area contributed by atoms with E-state index in [1.807, 2.05) is 6.20 Å². The molecule has 0 saturated carbocycles. The normalized spacial score (nSPS) is 11.8. The highest BCUT2D eigenvalue weighted by Gasteiger charge is 2.15. The summed E-state index contributed by atoms with van der Waals surface area (Å²) in [6.45, 7) is 4.37. The zero-order valence-electron chi connectivity index (χ0n) is 22.7. The number of carbonyl (C=O) groups excluding carboxylic acids is 1. The average Bonchev–Trinajstić information content (AvgIpc) is 3.28. The summed E-state index contributed by atoms with van der Waals surface area (Å²) in [7, 11) is 4.44. The molecule has 0 bridgehead atoms. The number of carbonyl (C=O) groups is 1. The Bertz CT molecular complexity index is 1160. The topological polar surface area (TPSA) is 111 Å². The maximum Gasteiger partial charge on any atom is 0.356 e. The lowest BCUT2D eigenvalue weighted by Crippen LogP contribution is -2.12. The third-order valence-corrected chi connectivity index (χ3v) is 5.44. The van der Waals surface area contributed by atoms with E-state index in [0.717, 1.165) is 17.0 Å². The molecular weight excluding hydrogens is 518 g/mol. The van der Waals surface area contributed by atoms with Crippen LogP contribution in [0.3, 0.4) is 0 Å². The number of halogens is 2. The van der Waals surface area contributed by atoms with E-state index in [9.17, 15) is 13.6 Å². The first-order valence-electron chi connectivity index (χ1n) is 12.2. The predicted octanol–water partition coefficient (Wildman–Crippen LogP) is 3.32. The summed E-state index contributed by atoms with van der Waals surface area (Å²) in [6.07, 6.45) is 3.13. The SMILES string of the molecule is COC(C)OCCO.COCCOCCOCc1cn(Cc2ccc(F)cc2F)c2cnc(C(=O)OC)cc12. The molecule has 1 atom stereocenters. The van der Waals surface area contributed by atoms with Gasteiger partial charge in [-0.15, -0.1) is 0 Å². The van der Waals surface area contributed by atoms with Crippen LogP contribution in [0, 0.1) is 11.6 Å². The van der Waals surface area contributed by atoms with Gasteiger partial charge in [-0.1, -0.05) is 6.07 Å². The second-order valence-corrected chi connectivity index (χ2v) is 8.15. The summed E-state index contributed by atoms with van der Waals surface area (Å²) in [4.78, 5) is 16.0. The van der Waals surface area contributed by atoms with E-state index in [0.29, 0.717) is 44.1 Å². The molecule has 0 aliphatic carbocycles. The number of methoxy groups -OCH3 is 3. The third kappa shape index (κ3) is 10.6. The molecule has 1 aromatic carbocycles. The van der Waals surface area contributed by atoms with Gasteiger partial charge in [-0.25, -0.2) is 18.6 Å². The van der Waals surface area contributed by atoms with Crippen LogP contribution in [0.2, 0.25) is 0 Å². The molecule has 12 heteroatoms. The van der Waals surface area contributed by atoms with Gasteiger partial charge in [-0.05, 0) is 19.1 Å². The van der Waals surface area contributed by atoms with E-state index in [1.54, 1.807) is 31.8 Å². The van der Waals surface area contributed by atoms with E-state index in [1.165, 1.54) is 25.4 Å². The van der Waals surface area contributed by atoms with Gasteiger partial charge in [0.2, 0.25) is 0 Å². The largest absolute Gasteiger partial charge is 0.464 e. The van der Waals surface area contributed by atoms with Gasteiger partial charge in [0.1, 0.15) is 17.3 Å². The van der Waals surface area contributed by atoms with Crippen LogP contribution in [0.4, 0.5) is 8.78 Å². The fraction of sp³-hybridized carbons (Fsp3) is 0.481. The average molecular weight is 555 g/mol. The molecule has 0 saturated heterocycles. The third-order valence-electron chi connectivity index (χ3n) is 5.44. The number of esters is 1. The summed E-state index contributed by atoms with van der Waals surface area (Å²) in [5.74, 6) is -1.82. The minimum absolute atomic E-state index is 0.0493. The van der Waals surface area contributed by atoms with Crippen molar-refractivity contribution in [3.63, 3.8) is 0 Å². The van der Waals surface area contributed by atoms with Crippen molar-refractivity contribution >= 4 is 16.9 Å². The number of aromatic nitrogens is 2. The van der Waals surface area contributed by atoms with Crippen LogP contribution in [-0.2, 0) is 41.6 Å². The molecule has 0 aliphatic heterocycles.